The molecule has 0 spiro atoms. The van der Waals surface area contributed by atoms with Gasteiger partial charge in [-0.3, -0.25) is 0 Å². The summed E-state index contributed by atoms with van der Waals surface area (Å²) in [4.78, 5) is 0. The molecule has 0 radical (unpaired) electrons. The molecule has 0 unspecified atom stereocenters. The highest BCUT2D eigenvalue weighted by molar-refractivity contribution is 5.47. The summed E-state index contributed by atoms with van der Waals surface area (Å²) in [6.45, 7) is 0.736. The molecule has 0 aliphatic carbocycles. The summed E-state index contributed by atoms with van der Waals surface area (Å²) in [7, 11) is 1.88. The molecule has 0 amide bonds. The molecule has 0 fully saturated rings. The van der Waals surface area contributed by atoms with Gasteiger partial charge in [-0.15, -0.1) is 0 Å². The highest BCUT2D eigenvalue weighted by Gasteiger charge is 2.05. The van der Waals surface area contributed by atoms with Gasteiger partial charge in [-0.05, 0) is 36.9 Å². The predicted molar refractivity (Wildman–Crippen MR) is 70.4 cm³/mol. The fourth-order valence-electron chi connectivity index (χ4n) is 1.68. The SMILES string of the molecule is CNCc1ccc(Oc2ccccc2)c(C#N)c1. The second-order valence-electron chi connectivity index (χ2n) is 3.89. The Morgan fingerprint density at radius 3 is 2.61 bits per heavy atom. The van der Waals surface area contributed by atoms with Gasteiger partial charge in [0.15, 0.2) is 0 Å². The van der Waals surface area contributed by atoms with E-state index in [0.717, 1.165) is 17.9 Å². The van der Waals surface area contributed by atoms with Gasteiger partial charge in [0.05, 0.1) is 5.56 Å². The molecule has 0 aromatic heterocycles. The molecule has 1 N–H and O–H groups in total. The molecular formula is C15H14N2O. The molecule has 0 aliphatic heterocycles. The first kappa shape index (κ1) is 12.2. The van der Waals surface area contributed by atoms with E-state index in [2.05, 4.69) is 11.4 Å². The minimum atomic E-state index is 0.548. The van der Waals surface area contributed by atoms with Crippen molar-refractivity contribution in [3.8, 4) is 17.6 Å². The average Bonchev–Trinajstić information content (AvgIpc) is 2.42. The van der Waals surface area contributed by atoms with E-state index in [1.807, 2.05) is 55.6 Å². The minimum Gasteiger partial charge on any atom is -0.456 e. The van der Waals surface area contributed by atoms with Crippen molar-refractivity contribution in [2.24, 2.45) is 0 Å². The van der Waals surface area contributed by atoms with Crippen LogP contribution < -0.4 is 10.1 Å². The minimum absolute atomic E-state index is 0.548. The first-order valence-electron chi connectivity index (χ1n) is 5.74. The van der Waals surface area contributed by atoms with E-state index in [4.69, 9.17) is 10.00 Å². The number of nitrogens with one attached hydrogen (secondary N) is 1. The van der Waals surface area contributed by atoms with Crippen molar-refractivity contribution >= 4 is 0 Å². The molecule has 18 heavy (non-hydrogen) atoms. The van der Waals surface area contributed by atoms with Gasteiger partial charge in [0.25, 0.3) is 0 Å². The Bertz CT molecular complexity index is 558. The molecule has 2 aromatic carbocycles. The maximum absolute atomic E-state index is 9.14. The van der Waals surface area contributed by atoms with E-state index in [1.54, 1.807) is 0 Å². The number of hydrogen-bond donors (Lipinski definition) is 1. The molecule has 2 aromatic rings. The van der Waals surface area contributed by atoms with Gasteiger partial charge in [-0.1, -0.05) is 24.3 Å². The van der Waals surface area contributed by atoms with Crippen molar-refractivity contribution in [3.63, 3.8) is 0 Å². The number of ether oxygens (including phenoxy) is 1. The highest BCUT2D eigenvalue weighted by Crippen LogP contribution is 2.25. The molecule has 0 saturated heterocycles. The average molecular weight is 238 g/mol. The van der Waals surface area contributed by atoms with Crippen LogP contribution >= 0.6 is 0 Å². The van der Waals surface area contributed by atoms with Crippen LogP contribution in [0, 0.1) is 11.3 Å². The molecule has 0 bridgehead atoms. The summed E-state index contributed by atoms with van der Waals surface area (Å²) in [6, 6.07) is 17.2. The van der Waals surface area contributed by atoms with Crippen molar-refractivity contribution in [3.05, 3.63) is 59.7 Å². The van der Waals surface area contributed by atoms with Gasteiger partial charge in [-0.25, -0.2) is 0 Å². The van der Waals surface area contributed by atoms with Crippen LogP contribution in [0.2, 0.25) is 0 Å². The first-order chi connectivity index (χ1) is 8.83. The number of hydrogen-bond acceptors (Lipinski definition) is 3. The normalized spacial score (nSPS) is 9.78. The van der Waals surface area contributed by atoms with Crippen LogP contribution in [0.4, 0.5) is 0 Å². The Hall–Kier alpha value is -2.31. The summed E-state index contributed by atoms with van der Waals surface area (Å²) < 4.78 is 5.69. The number of benzene rings is 2. The predicted octanol–water partition coefficient (Wildman–Crippen LogP) is 3.07. The van der Waals surface area contributed by atoms with Gasteiger partial charge in [0.2, 0.25) is 0 Å². The van der Waals surface area contributed by atoms with Gasteiger partial charge in [0, 0.05) is 6.54 Å². The maximum atomic E-state index is 9.14. The number of rotatable bonds is 4. The maximum Gasteiger partial charge on any atom is 0.145 e. The summed E-state index contributed by atoms with van der Waals surface area (Å²) >= 11 is 0. The largest absolute Gasteiger partial charge is 0.456 e. The third-order valence-corrected chi connectivity index (χ3v) is 2.52. The Morgan fingerprint density at radius 2 is 1.94 bits per heavy atom. The molecule has 2 rings (SSSR count). The van der Waals surface area contributed by atoms with Crippen LogP contribution in [0.1, 0.15) is 11.1 Å². The third-order valence-electron chi connectivity index (χ3n) is 2.52. The lowest BCUT2D eigenvalue weighted by atomic mass is 10.1. The van der Waals surface area contributed by atoms with Gasteiger partial charge in [0.1, 0.15) is 17.6 Å². The summed E-state index contributed by atoms with van der Waals surface area (Å²) in [5.74, 6) is 1.32. The van der Waals surface area contributed by atoms with E-state index in [0.29, 0.717) is 11.3 Å². The lowest BCUT2D eigenvalue weighted by molar-refractivity contribution is 0.481. The quantitative estimate of drug-likeness (QED) is 0.890. The van der Waals surface area contributed by atoms with Crippen LogP contribution in [0.25, 0.3) is 0 Å². The number of para-hydroxylation sites is 1. The lowest BCUT2D eigenvalue weighted by Crippen LogP contribution is -2.05. The zero-order valence-corrected chi connectivity index (χ0v) is 10.2. The van der Waals surface area contributed by atoms with E-state index >= 15 is 0 Å². The van der Waals surface area contributed by atoms with Crippen molar-refractivity contribution in [2.75, 3.05) is 7.05 Å². The zero-order valence-electron chi connectivity index (χ0n) is 10.2. The van der Waals surface area contributed by atoms with E-state index in [9.17, 15) is 0 Å². The molecule has 0 atom stereocenters. The van der Waals surface area contributed by atoms with Crippen LogP contribution in [0.15, 0.2) is 48.5 Å². The number of nitrogens with zero attached hydrogens (tertiary/aromatic N) is 1. The van der Waals surface area contributed by atoms with Crippen LogP contribution in [0.5, 0.6) is 11.5 Å². The summed E-state index contributed by atoms with van der Waals surface area (Å²) in [5.41, 5.74) is 1.61. The lowest BCUT2D eigenvalue weighted by Gasteiger charge is -2.08. The fourth-order valence-corrected chi connectivity index (χ4v) is 1.68. The molecular weight excluding hydrogens is 224 g/mol. The summed E-state index contributed by atoms with van der Waals surface area (Å²) in [6.07, 6.45) is 0. The van der Waals surface area contributed by atoms with Gasteiger partial charge >= 0.3 is 0 Å². The first-order valence-corrected chi connectivity index (χ1v) is 5.74. The number of nitriles is 1. The third kappa shape index (κ3) is 2.88. The smallest absolute Gasteiger partial charge is 0.145 e. The molecule has 0 aliphatic rings. The Balaban J connectivity index is 2.26. The topological polar surface area (TPSA) is 45.0 Å². The Morgan fingerprint density at radius 1 is 1.17 bits per heavy atom. The monoisotopic (exact) mass is 238 g/mol. The molecule has 0 saturated carbocycles. The van der Waals surface area contributed by atoms with Gasteiger partial charge in [-0.2, -0.15) is 5.26 Å². The van der Waals surface area contributed by atoms with Crippen molar-refractivity contribution in [1.29, 1.82) is 5.26 Å². The van der Waals surface area contributed by atoms with Crippen LogP contribution in [0.3, 0.4) is 0 Å². The second-order valence-corrected chi connectivity index (χ2v) is 3.89. The van der Waals surface area contributed by atoms with E-state index in [-0.39, 0.29) is 0 Å². The molecule has 90 valence electrons. The van der Waals surface area contributed by atoms with Crippen LogP contribution in [-0.2, 0) is 6.54 Å². The van der Waals surface area contributed by atoms with Crippen LogP contribution in [-0.4, -0.2) is 7.05 Å². The Kier molecular flexibility index (Phi) is 3.95. The Labute approximate surface area is 107 Å². The molecule has 3 heteroatoms. The summed E-state index contributed by atoms with van der Waals surface area (Å²) in [5, 5.41) is 12.2. The molecule has 3 nitrogen and oxygen atoms in total. The second kappa shape index (κ2) is 5.85. The molecule has 0 heterocycles. The van der Waals surface area contributed by atoms with Gasteiger partial charge < -0.3 is 10.1 Å². The van der Waals surface area contributed by atoms with Crippen molar-refractivity contribution < 1.29 is 4.74 Å². The van der Waals surface area contributed by atoms with Crippen molar-refractivity contribution in [2.45, 2.75) is 6.54 Å². The fraction of sp³-hybridized carbons (Fsp3) is 0.133. The highest BCUT2D eigenvalue weighted by atomic mass is 16.5. The van der Waals surface area contributed by atoms with E-state index in [1.165, 1.54) is 0 Å². The standard InChI is InChI=1S/C15H14N2O/c1-17-11-12-7-8-15(13(9-12)10-16)18-14-5-3-2-4-6-14/h2-9,17H,11H2,1H3. The van der Waals surface area contributed by atoms with Crippen molar-refractivity contribution in [1.82, 2.24) is 5.32 Å². The zero-order chi connectivity index (χ0) is 12.8. The van der Waals surface area contributed by atoms with E-state index < -0.39 is 0 Å².